The van der Waals surface area contributed by atoms with Gasteiger partial charge in [0.25, 0.3) is 0 Å². The monoisotopic (exact) mass is 264 g/mol. The molecule has 5 heteroatoms. The van der Waals surface area contributed by atoms with Crippen LogP contribution in [0.4, 0.5) is 0 Å². The predicted molar refractivity (Wildman–Crippen MR) is 67.8 cm³/mol. The van der Waals surface area contributed by atoms with Gasteiger partial charge >= 0.3 is 0 Å². The first-order valence-corrected chi connectivity index (χ1v) is 8.06. The molecule has 2 atom stereocenters. The lowest BCUT2D eigenvalue weighted by atomic mass is 10.2. The Balaban J connectivity index is 2.52. The molecule has 0 unspecified atom stereocenters. The SMILES string of the molecule is CC(C)CO[C@H]1CS(=O)(=O)C[C@@H]1OCC(C)C. The van der Waals surface area contributed by atoms with Crippen molar-refractivity contribution < 1.29 is 17.9 Å². The van der Waals surface area contributed by atoms with Crippen molar-refractivity contribution >= 4 is 9.84 Å². The summed E-state index contributed by atoms with van der Waals surface area (Å²) >= 11 is 0. The summed E-state index contributed by atoms with van der Waals surface area (Å²) in [4.78, 5) is 0. The molecule has 1 saturated heterocycles. The number of hydrogen-bond acceptors (Lipinski definition) is 4. The van der Waals surface area contributed by atoms with Crippen LogP contribution in [0.25, 0.3) is 0 Å². The molecule has 0 saturated carbocycles. The summed E-state index contributed by atoms with van der Waals surface area (Å²) in [5, 5.41) is 0. The molecule has 102 valence electrons. The van der Waals surface area contributed by atoms with Crippen LogP contribution in [0, 0.1) is 11.8 Å². The summed E-state index contributed by atoms with van der Waals surface area (Å²) in [6.45, 7) is 9.37. The average molecular weight is 264 g/mol. The minimum Gasteiger partial charge on any atom is -0.374 e. The first kappa shape index (κ1) is 14.9. The van der Waals surface area contributed by atoms with Gasteiger partial charge in [0, 0.05) is 13.2 Å². The van der Waals surface area contributed by atoms with E-state index in [9.17, 15) is 8.42 Å². The zero-order chi connectivity index (χ0) is 13.1. The van der Waals surface area contributed by atoms with Gasteiger partial charge in [0.05, 0.1) is 23.7 Å². The maximum atomic E-state index is 11.6. The van der Waals surface area contributed by atoms with Gasteiger partial charge < -0.3 is 9.47 Å². The lowest BCUT2D eigenvalue weighted by molar-refractivity contribution is -0.0592. The third-order valence-corrected chi connectivity index (χ3v) is 4.21. The molecule has 0 radical (unpaired) electrons. The molecule has 0 spiro atoms. The van der Waals surface area contributed by atoms with Crippen LogP contribution in [0.1, 0.15) is 27.7 Å². The maximum absolute atomic E-state index is 11.6. The third-order valence-electron chi connectivity index (χ3n) is 2.54. The van der Waals surface area contributed by atoms with Crippen molar-refractivity contribution in [2.24, 2.45) is 11.8 Å². The Morgan fingerprint density at radius 1 is 0.941 bits per heavy atom. The van der Waals surface area contributed by atoms with Crippen molar-refractivity contribution in [3.63, 3.8) is 0 Å². The zero-order valence-electron chi connectivity index (χ0n) is 11.2. The summed E-state index contributed by atoms with van der Waals surface area (Å²) in [6, 6.07) is 0. The second kappa shape index (κ2) is 6.16. The first-order chi connectivity index (χ1) is 7.80. The van der Waals surface area contributed by atoms with Gasteiger partial charge in [0.15, 0.2) is 9.84 Å². The standard InChI is InChI=1S/C12H24O4S/c1-9(2)5-15-11-7-17(13,14)8-12(11)16-6-10(3)4/h9-12H,5-8H2,1-4H3/t11-,12-/m0/s1. The van der Waals surface area contributed by atoms with E-state index in [1.807, 2.05) is 27.7 Å². The first-order valence-electron chi connectivity index (χ1n) is 6.24. The molecular weight excluding hydrogens is 240 g/mol. The molecule has 0 aromatic rings. The fourth-order valence-electron chi connectivity index (χ4n) is 1.73. The van der Waals surface area contributed by atoms with Crippen molar-refractivity contribution in [1.29, 1.82) is 0 Å². The Kier molecular flexibility index (Phi) is 5.41. The average Bonchev–Trinajstić information content (AvgIpc) is 2.47. The number of hydrogen-bond donors (Lipinski definition) is 0. The van der Waals surface area contributed by atoms with Gasteiger partial charge in [-0.15, -0.1) is 0 Å². The van der Waals surface area contributed by atoms with Gasteiger partial charge in [-0.3, -0.25) is 0 Å². The van der Waals surface area contributed by atoms with Crippen LogP contribution >= 0.6 is 0 Å². The Bertz CT molecular complexity index is 295. The molecule has 1 rings (SSSR count). The molecule has 0 amide bonds. The van der Waals surface area contributed by atoms with Crippen LogP contribution in [-0.2, 0) is 19.3 Å². The van der Waals surface area contributed by atoms with E-state index in [1.165, 1.54) is 0 Å². The lowest BCUT2D eigenvalue weighted by Crippen LogP contribution is -2.32. The van der Waals surface area contributed by atoms with Gasteiger partial charge in [0.1, 0.15) is 0 Å². The van der Waals surface area contributed by atoms with E-state index < -0.39 is 9.84 Å². The molecule has 1 aliphatic heterocycles. The highest BCUT2D eigenvalue weighted by Gasteiger charge is 2.39. The molecule has 1 aliphatic rings. The normalized spacial score (nSPS) is 28.1. The minimum atomic E-state index is -2.99. The van der Waals surface area contributed by atoms with E-state index in [0.717, 1.165) is 0 Å². The molecule has 0 N–H and O–H groups in total. The second-order valence-corrected chi connectivity index (χ2v) is 7.76. The molecule has 17 heavy (non-hydrogen) atoms. The highest BCUT2D eigenvalue weighted by Crippen LogP contribution is 2.20. The predicted octanol–water partition coefficient (Wildman–Crippen LogP) is 1.50. The summed E-state index contributed by atoms with van der Waals surface area (Å²) in [7, 11) is -2.99. The van der Waals surface area contributed by atoms with Gasteiger partial charge in [-0.2, -0.15) is 0 Å². The van der Waals surface area contributed by atoms with E-state index in [0.29, 0.717) is 25.0 Å². The van der Waals surface area contributed by atoms with E-state index in [2.05, 4.69) is 0 Å². The molecule has 0 aliphatic carbocycles. The molecule has 4 nitrogen and oxygen atoms in total. The fraction of sp³-hybridized carbons (Fsp3) is 1.00. The Morgan fingerprint density at radius 2 is 1.29 bits per heavy atom. The Labute approximate surface area is 105 Å². The van der Waals surface area contributed by atoms with Crippen LogP contribution in [0.15, 0.2) is 0 Å². The molecule has 0 bridgehead atoms. The summed E-state index contributed by atoms with van der Waals surface area (Å²) in [5.41, 5.74) is 0. The van der Waals surface area contributed by atoms with Crippen LogP contribution in [0.3, 0.4) is 0 Å². The molecule has 1 heterocycles. The third kappa shape index (κ3) is 5.36. The summed E-state index contributed by atoms with van der Waals surface area (Å²) in [5.74, 6) is 1.01. The second-order valence-electron chi connectivity index (χ2n) is 5.61. The van der Waals surface area contributed by atoms with Gasteiger partial charge in [-0.05, 0) is 11.8 Å². The molecule has 1 fully saturated rings. The van der Waals surface area contributed by atoms with Crippen molar-refractivity contribution in [1.82, 2.24) is 0 Å². The van der Waals surface area contributed by atoms with Gasteiger partial charge in [-0.1, -0.05) is 27.7 Å². The topological polar surface area (TPSA) is 52.6 Å². The number of ether oxygens (including phenoxy) is 2. The van der Waals surface area contributed by atoms with E-state index >= 15 is 0 Å². The van der Waals surface area contributed by atoms with Crippen molar-refractivity contribution in [2.75, 3.05) is 24.7 Å². The number of sulfone groups is 1. The van der Waals surface area contributed by atoms with Crippen molar-refractivity contribution in [3.05, 3.63) is 0 Å². The molecule has 0 aromatic heterocycles. The largest absolute Gasteiger partial charge is 0.374 e. The van der Waals surface area contributed by atoms with Crippen LogP contribution < -0.4 is 0 Å². The van der Waals surface area contributed by atoms with E-state index in [1.54, 1.807) is 0 Å². The van der Waals surface area contributed by atoms with Gasteiger partial charge in [-0.25, -0.2) is 8.42 Å². The van der Waals surface area contributed by atoms with E-state index in [-0.39, 0.29) is 23.7 Å². The van der Waals surface area contributed by atoms with Crippen molar-refractivity contribution in [3.8, 4) is 0 Å². The molecular formula is C12H24O4S. The van der Waals surface area contributed by atoms with Crippen LogP contribution in [0.2, 0.25) is 0 Å². The van der Waals surface area contributed by atoms with Crippen molar-refractivity contribution in [2.45, 2.75) is 39.9 Å². The Hall–Kier alpha value is -0.130. The smallest absolute Gasteiger partial charge is 0.155 e. The highest BCUT2D eigenvalue weighted by molar-refractivity contribution is 7.91. The lowest BCUT2D eigenvalue weighted by Gasteiger charge is -2.21. The Morgan fingerprint density at radius 3 is 1.59 bits per heavy atom. The zero-order valence-corrected chi connectivity index (χ0v) is 12.0. The fourth-order valence-corrected chi connectivity index (χ4v) is 3.49. The highest BCUT2D eigenvalue weighted by atomic mass is 32.2. The quantitative estimate of drug-likeness (QED) is 0.729. The van der Waals surface area contributed by atoms with Gasteiger partial charge in [0.2, 0.25) is 0 Å². The van der Waals surface area contributed by atoms with E-state index in [4.69, 9.17) is 9.47 Å². The molecule has 0 aromatic carbocycles. The summed E-state index contributed by atoms with van der Waals surface area (Å²) < 4.78 is 34.4. The van der Waals surface area contributed by atoms with Crippen LogP contribution in [-0.4, -0.2) is 45.3 Å². The maximum Gasteiger partial charge on any atom is 0.155 e. The van der Waals surface area contributed by atoms with Crippen LogP contribution in [0.5, 0.6) is 0 Å². The number of rotatable bonds is 6. The summed E-state index contributed by atoms with van der Waals surface area (Å²) in [6.07, 6.45) is -0.581. The minimum absolute atomic E-state index is 0.0997.